The van der Waals surface area contributed by atoms with Crippen molar-refractivity contribution in [3.05, 3.63) is 0 Å². The molecule has 2 heteroatoms. The van der Waals surface area contributed by atoms with Crippen molar-refractivity contribution in [3.63, 3.8) is 0 Å². The van der Waals surface area contributed by atoms with Crippen LogP contribution in [0.3, 0.4) is 0 Å². The first-order valence-corrected chi connectivity index (χ1v) is 4.38. The Morgan fingerprint density at radius 3 is 2.64 bits per heavy atom. The number of hydrogen-bond donors (Lipinski definition) is 1. The van der Waals surface area contributed by atoms with Gasteiger partial charge in [0, 0.05) is 12.3 Å². The lowest BCUT2D eigenvalue weighted by molar-refractivity contribution is -0.121. The molecule has 0 radical (unpaired) electrons. The van der Waals surface area contributed by atoms with E-state index in [-0.39, 0.29) is 0 Å². The largest absolute Gasteiger partial charge is 0.330 e. The van der Waals surface area contributed by atoms with Crippen LogP contribution in [0.25, 0.3) is 0 Å². The summed E-state index contributed by atoms with van der Waals surface area (Å²) >= 11 is 0. The molecule has 0 saturated heterocycles. The summed E-state index contributed by atoms with van der Waals surface area (Å²) in [5.74, 6) is 1.76. The Morgan fingerprint density at radius 2 is 2.27 bits per heavy atom. The van der Waals surface area contributed by atoms with E-state index < -0.39 is 0 Å². The van der Waals surface area contributed by atoms with Gasteiger partial charge in [0.05, 0.1) is 0 Å². The Labute approximate surface area is 68.2 Å². The number of hydrogen-bond acceptors (Lipinski definition) is 2. The fourth-order valence-corrected chi connectivity index (χ4v) is 1.46. The Balaban J connectivity index is 2.23. The molecule has 2 unspecified atom stereocenters. The number of rotatable bonds is 4. The zero-order chi connectivity index (χ0) is 8.43. The molecule has 1 saturated carbocycles. The highest BCUT2D eigenvalue weighted by Gasteiger charge is 2.40. The van der Waals surface area contributed by atoms with Crippen LogP contribution in [0.4, 0.5) is 0 Å². The number of ketones is 1. The number of nitrogens with two attached hydrogens (primary N) is 1. The van der Waals surface area contributed by atoms with Gasteiger partial charge in [0.15, 0.2) is 0 Å². The van der Waals surface area contributed by atoms with Gasteiger partial charge >= 0.3 is 0 Å². The minimum Gasteiger partial charge on any atom is -0.330 e. The quantitative estimate of drug-likeness (QED) is 0.662. The van der Waals surface area contributed by atoms with Gasteiger partial charge in [0.25, 0.3) is 0 Å². The van der Waals surface area contributed by atoms with E-state index in [1.807, 2.05) is 0 Å². The monoisotopic (exact) mass is 155 g/mol. The van der Waals surface area contributed by atoms with Gasteiger partial charge in [0.1, 0.15) is 5.78 Å². The van der Waals surface area contributed by atoms with Crippen molar-refractivity contribution in [1.29, 1.82) is 0 Å². The lowest BCUT2D eigenvalue weighted by Crippen LogP contribution is -2.10. The van der Waals surface area contributed by atoms with Gasteiger partial charge < -0.3 is 5.73 Å². The third-order valence-electron chi connectivity index (χ3n) is 2.25. The first-order valence-electron chi connectivity index (χ1n) is 4.38. The zero-order valence-corrected chi connectivity index (χ0v) is 7.34. The maximum absolute atomic E-state index is 11.3. The van der Waals surface area contributed by atoms with Crippen LogP contribution in [0.1, 0.15) is 26.7 Å². The summed E-state index contributed by atoms with van der Waals surface area (Å²) in [6.07, 6.45) is 1.78. The zero-order valence-electron chi connectivity index (χ0n) is 7.34. The van der Waals surface area contributed by atoms with Gasteiger partial charge in [0.2, 0.25) is 0 Å². The fraction of sp³-hybridized carbons (Fsp3) is 0.889. The van der Waals surface area contributed by atoms with E-state index in [4.69, 9.17) is 5.73 Å². The van der Waals surface area contributed by atoms with E-state index in [9.17, 15) is 4.79 Å². The summed E-state index contributed by atoms with van der Waals surface area (Å²) in [5, 5.41) is 0. The average molecular weight is 155 g/mol. The van der Waals surface area contributed by atoms with Crippen LogP contribution in [0.2, 0.25) is 0 Å². The van der Waals surface area contributed by atoms with Gasteiger partial charge in [-0.3, -0.25) is 4.79 Å². The summed E-state index contributed by atoms with van der Waals surface area (Å²) in [6.45, 7) is 4.85. The molecule has 2 atom stereocenters. The molecular formula is C9H17NO. The highest BCUT2D eigenvalue weighted by molar-refractivity contribution is 5.83. The predicted octanol–water partition coefficient (Wildman–Crippen LogP) is 1.20. The lowest BCUT2D eigenvalue weighted by atomic mass is 10.0. The summed E-state index contributed by atoms with van der Waals surface area (Å²) in [6, 6.07) is 0. The maximum atomic E-state index is 11.3. The molecule has 0 spiro atoms. The molecule has 0 aromatic rings. The Bertz CT molecular complexity index is 154. The molecule has 1 fully saturated rings. The van der Waals surface area contributed by atoms with Crippen molar-refractivity contribution in [1.82, 2.24) is 0 Å². The first kappa shape index (κ1) is 8.72. The SMILES string of the molecule is CC(C)CC(=O)C1CC1CN. The molecule has 11 heavy (non-hydrogen) atoms. The summed E-state index contributed by atoms with van der Waals surface area (Å²) in [4.78, 5) is 11.3. The van der Waals surface area contributed by atoms with Crippen LogP contribution < -0.4 is 5.73 Å². The average Bonchev–Trinajstić information content (AvgIpc) is 2.63. The summed E-state index contributed by atoms with van der Waals surface area (Å²) in [5.41, 5.74) is 5.44. The third kappa shape index (κ3) is 2.29. The molecule has 0 aromatic heterocycles. The second-order valence-corrected chi connectivity index (χ2v) is 3.90. The Kier molecular flexibility index (Phi) is 2.66. The van der Waals surface area contributed by atoms with Gasteiger partial charge in [-0.05, 0) is 24.8 Å². The molecule has 0 bridgehead atoms. The van der Waals surface area contributed by atoms with E-state index in [2.05, 4.69) is 13.8 Å². The van der Waals surface area contributed by atoms with E-state index >= 15 is 0 Å². The van der Waals surface area contributed by atoms with Crippen molar-refractivity contribution in [3.8, 4) is 0 Å². The fourth-order valence-electron chi connectivity index (χ4n) is 1.46. The van der Waals surface area contributed by atoms with Gasteiger partial charge in [-0.25, -0.2) is 0 Å². The topological polar surface area (TPSA) is 43.1 Å². The smallest absolute Gasteiger partial charge is 0.136 e. The molecule has 64 valence electrons. The van der Waals surface area contributed by atoms with Crippen molar-refractivity contribution in [2.24, 2.45) is 23.5 Å². The Morgan fingerprint density at radius 1 is 1.64 bits per heavy atom. The van der Waals surface area contributed by atoms with Crippen molar-refractivity contribution in [2.45, 2.75) is 26.7 Å². The van der Waals surface area contributed by atoms with Crippen LogP contribution in [0.5, 0.6) is 0 Å². The van der Waals surface area contributed by atoms with Crippen molar-refractivity contribution in [2.75, 3.05) is 6.54 Å². The summed E-state index contributed by atoms with van der Waals surface area (Å²) in [7, 11) is 0. The molecule has 2 N–H and O–H groups in total. The number of carbonyl (C=O) groups excluding carboxylic acids is 1. The van der Waals surface area contributed by atoms with E-state index in [0.717, 1.165) is 12.8 Å². The molecule has 2 nitrogen and oxygen atoms in total. The molecular weight excluding hydrogens is 138 g/mol. The first-order chi connectivity index (χ1) is 5.15. The minimum absolute atomic E-state index is 0.322. The van der Waals surface area contributed by atoms with Crippen LogP contribution in [0, 0.1) is 17.8 Å². The van der Waals surface area contributed by atoms with Crippen molar-refractivity contribution >= 4 is 5.78 Å². The maximum Gasteiger partial charge on any atom is 0.136 e. The molecule has 1 aliphatic rings. The number of carbonyl (C=O) groups is 1. The van der Waals surface area contributed by atoms with Crippen molar-refractivity contribution < 1.29 is 4.79 Å². The van der Waals surface area contributed by atoms with E-state index in [0.29, 0.717) is 30.1 Å². The van der Waals surface area contributed by atoms with Gasteiger partial charge in [-0.1, -0.05) is 13.8 Å². The van der Waals surface area contributed by atoms with E-state index in [1.165, 1.54) is 0 Å². The minimum atomic E-state index is 0.322. The molecule has 1 rings (SSSR count). The third-order valence-corrected chi connectivity index (χ3v) is 2.25. The molecule has 0 aliphatic heterocycles. The second kappa shape index (κ2) is 3.35. The molecule has 0 heterocycles. The normalized spacial score (nSPS) is 29.1. The van der Waals surface area contributed by atoms with Crippen LogP contribution in [0.15, 0.2) is 0 Å². The molecule has 0 amide bonds. The highest BCUT2D eigenvalue weighted by Crippen LogP contribution is 2.39. The highest BCUT2D eigenvalue weighted by atomic mass is 16.1. The predicted molar refractivity (Wildman–Crippen MR) is 45.1 cm³/mol. The summed E-state index contributed by atoms with van der Waals surface area (Å²) < 4.78 is 0. The number of Topliss-reactive ketones (excluding diaryl/α,β-unsaturated/α-hetero) is 1. The molecule has 0 aromatic carbocycles. The molecule has 1 aliphatic carbocycles. The Hall–Kier alpha value is -0.370. The van der Waals surface area contributed by atoms with Gasteiger partial charge in [-0.15, -0.1) is 0 Å². The second-order valence-electron chi connectivity index (χ2n) is 3.90. The van der Waals surface area contributed by atoms with E-state index in [1.54, 1.807) is 0 Å². The van der Waals surface area contributed by atoms with Crippen LogP contribution >= 0.6 is 0 Å². The van der Waals surface area contributed by atoms with Gasteiger partial charge in [-0.2, -0.15) is 0 Å². The standard InChI is InChI=1S/C9H17NO/c1-6(2)3-9(11)8-4-7(8)5-10/h6-8H,3-5,10H2,1-2H3. The lowest BCUT2D eigenvalue weighted by Gasteiger charge is -2.01. The van der Waals surface area contributed by atoms with Crippen LogP contribution in [-0.2, 0) is 4.79 Å². The van der Waals surface area contributed by atoms with Crippen LogP contribution in [-0.4, -0.2) is 12.3 Å².